The number of benzene rings is 1. The smallest absolute Gasteiger partial charge is 0.342 e. The molecule has 0 fully saturated rings. The molecule has 23 heavy (non-hydrogen) atoms. The zero-order chi connectivity index (χ0) is 16.2. The SMILES string of the molecule is CCOC(=O)c1c2cccccc-2c(Cc2ccccc2)c1O. The van der Waals surface area contributed by atoms with Gasteiger partial charge in [0, 0.05) is 17.5 Å². The van der Waals surface area contributed by atoms with E-state index < -0.39 is 5.97 Å². The Morgan fingerprint density at radius 3 is 2.22 bits per heavy atom. The molecule has 2 aliphatic carbocycles. The minimum absolute atomic E-state index is 0.0218. The molecule has 0 saturated carbocycles. The topological polar surface area (TPSA) is 46.5 Å². The van der Waals surface area contributed by atoms with Gasteiger partial charge in [-0.15, -0.1) is 0 Å². The van der Waals surface area contributed by atoms with E-state index in [2.05, 4.69) is 0 Å². The monoisotopic (exact) mass is 306 g/mol. The van der Waals surface area contributed by atoms with Crippen molar-refractivity contribution in [3.8, 4) is 16.9 Å². The molecular formula is C20H18O3. The molecule has 3 heteroatoms. The highest BCUT2D eigenvalue weighted by molar-refractivity contribution is 6.03. The maximum absolute atomic E-state index is 12.3. The maximum atomic E-state index is 12.3. The van der Waals surface area contributed by atoms with Crippen LogP contribution < -0.4 is 0 Å². The lowest BCUT2D eigenvalue weighted by molar-refractivity contribution is 0.0524. The Morgan fingerprint density at radius 2 is 1.57 bits per heavy atom. The Morgan fingerprint density at radius 1 is 0.957 bits per heavy atom. The minimum Gasteiger partial charge on any atom is -0.507 e. The van der Waals surface area contributed by atoms with Crippen LogP contribution in [0.3, 0.4) is 0 Å². The fourth-order valence-electron chi connectivity index (χ4n) is 2.82. The summed E-state index contributed by atoms with van der Waals surface area (Å²) in [5, 5.41) is 10.7. The lowest BCUT2D eigenvalue weighted by Crippen LogP contribution is -2.04. The van der Waals surface area contributed by atoms with Crippen LogP contribution in [0.15, 0.2) is 60.7 Å². The van der Waals surface area contributed by atoms with Crippen LogP contribution in [0.4, 0.5) is 0 Å². The van der Waals surface area contributed by atoms with Gasteiger partial charge in [0.1, 0.15) is 11.3 Å². The molecule has 1 aromatic carbocycles. The number of ether oxygens (including phenoxy) is 1. The fraction of sp³-hybridized carbons (Fsp3) is 0.150. The molecule has 0 saturated heterocycles. The number of carbonyl (C=O) groups is 1. The summed E-state index contributed by atoms with van der Waals surface area (Å²) in [4.78, 5) is 12.3. The van der Waals surface area contributed by atoms with E-state index in [4.69, 9.17) is 4.74 Å². The van der Waals surface area contributed by atoms with E-state index in [9.17, 15) is 9.90 Å². The largest absolute Gasteiger partial charge is 0.507 e. The van der Waals surface area contributed by atoms with Gasteiger partial charge >= 0.3 is 5.97 Å². The molecule has 0 bridgehead atoms. The van der Waals surface area contributed by atoms with Gasteiger partial charge in [0.2, 0.25) is 0 Å². The molecule has 0 radical (unpaired) electrons. The molecule has 1 N–H and O–H groups in total. The minimum atomic E-state index is -0.486. The van der Waals surface area contributed by atoms with Crippen molar-refractivity contribution in [2.45, 2.75) is 13.3 Å². The molecule has 0 aliphatic heterocycles. The predicted octanol–water partition coefficient (Wildman–Crippen LogP) is 4.26. The highest BCUT2D eigenvalue weighted by Crippen LogP contribution is 2.42. The van der Waals surface area contributed by atoms with Gasteiger partial charge in [-0.3, -0.25) is 0 Å². The maximum Gasteiger partial charge on any atom is 0.342 e. The first-order valence-corrected chi connectivity index (χ1v) is 7.66. The molecule has 116 valence electrons. The van der Waals surface area contributed by atoms with Crippen LogP contribution in [0.25, 0.3) is 11.1 Å². The van der Waals surface area contributed by atoms with Crippen LogP contribution in [-0.4, -0.2) is 17.7 Å². The molecule has 2 aliphatic rings. The fourth-order valence-corrected chi connectivity index (χ4v) is 2.82. The first kappa shape index (κ1) is 15.1. The third-order valence-electron chi connectivity index (χ3n) is 3.86. The second-order valence-electron chi connectivity index (χ2n) is 5.32. The Bertz CT molecular complexity index is 793. The molecule has 1 aromatic rings. The summed E-state index contributed by atoms with van der Waals surface area (Å²) in [5.41, 5.74) is 3.68. The molecule has 3 rings (SSSR count). The van der Waals surface area contributed by atoms with Crippen molar-refractivity contribution < 1.29 is 14.6 Å². The second kappa shape index (κ2) is 6.53. The lowest BCUT2D eigenvalue weighted by Gasteiger charge is -2.03. The van der Waals surface area contributed by atoms with Crippen molar-refractivity contribution in [2.24, 2.45) is 0 Å². The van der Waals surface area contributed by atoms with E-state index >= 15 is 0 Å². The summed E-state index contributed by atoms with van der Waals surface area (Å²) in [6, 6.07) is 19.3. The molecule has 0 heterocycles. The van der Waals surface area contributed by atoms with Crippen LogP contribution in [-0.2, 0) is 11.2 Å². The molecular weight excluding hydrogens is 288 g/mol. The van der Waals surface area contributed by atoms with E-state index in [1.807, 2.05) is 60.7 Å². The van der Waals surface area contributed by atoms with Crippen LogP contribution in [0.2, 0.25) is 0 Å². The number of hydrogen-bond acceptors (Lipinski definition) is 3. The summed E-state index contributed by atoms with van der Waals surface area (Å²) in [7, 11) is 0. The van der Waals surface area contributed by atoms with Gasteiger partial charge in [-0.25, -0.2) is 4.79 Å². The molecule has 0 spiro atoms. The van der Waals surface area contributed by atoms with Crippen molar-refractivity contribution in [1.29, 1.82) is 0 Å². The van der Waals surface area contributed by atoms with E-state index in [-0.39, 0.29) is 17.9 Å². The summed E-state index contributed by atoms with van der Waals surface area (Å²) in [5.74, 6) is -0.464. The average Bonchev–Trinajstić information content (AvgIpc) is 2.71. The van der Waals surface area contributed by atoms with E-state index in [0.717, 1.165) is 22.3 Å². The molecule has 3 nitrogen and oxygen atoms in total. The van der Waals surface area contributed by atoms with Crippen molar-refractivity contribution in [1.82, 2.24) is 0 Å². The number of carbonyl (C=O) groups excluding carboxylic acids is 1. The van der Waals surface area contributed by atoms with Gasteiger partial charge < -0.3 is 9.84 Å². The second-order valence-corrected chi connectivity index (χ2v) is 5.32. The van der Waals surface area contributed by atoms with E-state index in [1.165, 1.54) is 0 Å². The third-order valence-corrected chi connectivity index (χ3v) is 3.86. The molecule has 0 unspecified atom stereocenters. The number of hydrogen-bond donors (Lipinski definition) is 1. The standard InChI is InChI=1S/C20H18O3/c1-2-23-20(22)18-16-12-8-4-7-11-15(16)17(19(18)21)13-14-9-5-3-6-10-14/h3-12,21H,2,13H2,1H3. The van der Waals surface area contributed by atoms with Crippen molar-refractivity contribution in [2.75, 3.05) is 6.61 Å². The third kappa shape index (κ3) is 2.90. The summed E-state index contributed by atoms with van der Waals surface area (Å²) >= 11 is 0. The average molecular weight is 306 g/mol. The van der Waals surface area contributed by atoms with Crippen molar-refractivity contribution in [3.63, 3.8) is 0 Å². The summed E-state index contributed by atoms with van der Waals surface area (Å²) in [6.07, 6.45) is 0.562. The van der Waals surface area contributed by atoms with Gasteiger partial charge in [-0.05, 0) is 18.1 Å². The number of fused-ring (bicyclic) bond motifs is 1. The first-order valence-electron chi connectivity index (χ1n) is 7.66. The molecule has 0 atom stereocenters. The van der Waals surface area contributed by atoms with Crippen molar-refractivity contribution in [3.05, 3.63) is 77.4 Å². The van der Waals surface area contributed by atoms with Crippen LogP contribution in [0, 0.1) is 0 Å². The highest BCUT2D eigenvalue weighted by Gasteiger charge is 2.27. The predicted molar refractivity (Wildman–Crippen MR) is 89.9 cm³/mol. The Kier molecular flexibility index (Phi) is 4.29. The van der Waals surface area contributed by atoms with Crippen LogP contribution in [0.5, 0.6) is 5.75 Å². The summed E-state index contributed by atoms with van der Waals surface area (Å²) in [6.45, 7) is 2.03. The molecule has 0 aromatic heterocycles. The van der Waals surface area contributed by atoms with Crippen LogP contribution in [0.1, 0.15) is 28.4 Å². The van der Waals surface area contributed by atoms with Gasteiger partial charge in [0.05, 0.1) is 6.61 Å². The zero-order valence-corrected chi connectivity index (χ0v) is 13.0. The first-order chi connectivity index (χ1) is 11.2. The lowest BCUT2D eigenvalue weighted by atomic mass is 10.0. The van der Waals surface area contributed by atoms with Gasteiger partial charge in [0.25, 0.3) is 0 Å². The quantitative estimate of drug-likeness (QED) is 0.732. The highest BCUT2D eigenvalue weighted by atomic mass is 16.5. The normalized spacial score (nSPS) is 10.7. The van der Waals surface area contributed by atoms with E-state index in [1.54, 1.807) is 6.92 Å². The van der Waals surface area contributed by atoms with Gasteiger partial charge in [0.15, 0.2) is 0 Å². The molecule has 0 amide bonds. The Balaban J connectivity index is 2.15. The number of aromatic hydroxyl groups is 1. The zero-order valence-electron chi connectivity index (χ0n) is 13.0. The Hall–Kier alpha value is -2.81. The van der Waals surface area contributed by atoms with E-state index in [0.29, 0.717) is 6.42 Å². The number of esters is 1. The van der Waals surface area contributed by atoms with Crippen LogP contribution >= 0.6 is 0 Å². The van der Waals surface area contributed by atoms with Gasteiger partial charge in [-0.1, -0.05) is 60.7 Å². The number of rotatable bonds is 4. The van der Waals surface area contributed by atoms with Crippen molar-refractivity contribution >= 4 is 5.97 Å². The summed E-state index contributed by atoms with van der Waals surface area (Å²) < 4.78 is 5.11. The Labute approximate surface area is 135 Å². The van der Waals surface area contributed by atoms with Gasteiger partial charge in [-0.2, -0.15) is 0 Å².